The SMILES string of the molecule is C=C(F)/C(=C\C=C/C)C(=NC=C(C)C)c1ncn(C2CCCCS2)c1C. The number of aliphatic imine (C=N–C) groups is 1. The number of thioether (sulfide) groups is 1. The summed E-state index contributed by atoms with van der Waals surface area (Å²) in [6, 6.07) is 0. The van der Waals surface area contributed by atoms with Crippen LogP contribution in [0.25, 0.3) is 0 Å². The highest BCUT2D eigenvalue weighted by Crippen LogP contribution is 2.35. The fourth-order valence-electron chi connectivity index (χ4n) is 2.83. The molecule has 5 heteroatoms. The molecule has 2 rings (SSSR count). The summed E-state index contributed by atoms with van der Waals surface area (Å²) in [5.41, 5.74) is 3.65. The number of imidazole rings is 1. The zero-order valence-corrected chi connectivity index (χ0v) is 16.9. The van der Waals surface area contributed by atoms with Gasteiger partial charge in [-0.25, -0.2) is 9.37 Å². The van der Waals surface area contributed by atoms with Gasteiger partial charge in [0.1, 0.15) is 17.2 Å². The lowest BCUT2D eigenvalue weighted by atomic mass is 10.0. The third kappa shape index (κ3) is 5.07. The molecular formula is C21H28FN3S. The van der Waals surface area contributed by atoms with Gasteiger partial charge in [-0.15, -0.1) is 11.8 Å². The van der Waals surface area contributed by atoms with Crippen LogP contribution in [0.5, 0.6) is 0 Å². The molecule has 1 saturated heterocycles. The Morgan fingerprint density at radius 2 is 2.19 bits per heavy atom. The molecule has 1 atom stereocenters. The normalized spacial score (nSPS) is 19.0. The van der Waals surface area contributed by atoms with Gasteiger partial charge in [-0.2, -0.15) is 0 Å². The minimum Gasteiger partial charge on any atom is -0.322 e. The van der Waals surface area contributed by atoms with Crippen molar-refractivity contribution in [2.24, 2.45) is 4.99 Å². The molecule has 1 fully saturated rings. The largest absolute Gasteiger partial charge is 0.322 e. The van der Waals surface area contributed by atoms with E-state index in [1.54, 1.807) is 18.4 Å². The number of hydrogen-bond donors (Lipinski definition) is 0. The summed E-state index contributed by atoms with van der Waals surface area (Å²) in [5, 5.41) is 0.395. The third-order valence-electron chi connectivity index (χ3n) is 4.19. The van der Waals surface area contributed by atoms with Crippen LogP contribution in [-0.2, 0) is 0 Å². The maximum Gasteiger partial charge on any atom is 0.125 e. The summed E-state index contributed by atoms with van der Waals surface area (Å²) in [6.07, 6.45) is 12.6. The quantitative estimate of drug-likeness (QED) is 0.432. The van der Waals surface area contributed by atoms with Gasteiger partial charge in [-0.1, -0.05) is 30.4 Å². The highest BCUT2D eigenvalue weighted by molar-refractivity contribution is 7.99. The Kier molecular flexibility index (Phi) is 7.64. The van der Waals surface area contributed by atoms with Gasteiger partial charge in [-0.3, -0.25) is 4.99 Å². The molecule has 1 aliphatic rings. The van der Waals surface area contributed by atoms with Crippen molar-refractivity contribution in [1.82, 2.24) is 9.55 Å². The average molecular weight is 374 g/mol. The standard InChI is InChI=1S/C21H28FN3S/c1-6-7-10-18(16(4)22)21(23-13-15(2)3)20-17(5)25(14-24-20)19-11-8-9-12-26-19/h6-7,10,13-14,19H,4,8-9,11-12H2,1-3,5H3/b7-6-,18-10+,23-21?. The number of nitrogens with zero attached hydrogens (tertiary/aromatic N) is 3. The number of aromatic nitrogens is 2. The highest BCUT2D eigenvalue weighted by atomic mass is 32.2. The smallest absolute Gasteiger partial charge is 0.125 e. The molecule has 0 aromatic carbocycles. The van der Waals surface area contributed by atoms with E-state index in [1.807, 2.05) is 51.9 Å². The zero-order chi connectivity index (χ0) is 19.1. The molecule has 0 bridgehead atoms. The molecule has 3 nitrogen and oxygen atoms in total. The lowest BCUT2D eigenvalue weighted by Crippen LogP contribution is -2.13. The molecule has 0 saturated carbocycles. The van der Waals surface area contributed by atoms with Gasteiger partial charge in [-0.05, 0) is 52.7 Å². The van der Waals surface area contributed by atoms with Crippen molar-refractivity contribution >= 4 is 17.5 Å². The number of rotatable bonds is 6. The molecule has 1 unspecified atom stereocenters. The third-order valence-corrected chi connectivity index (χ3v) is 5.56. The second kappa shape index (κ2) is 9.72. The van der Waals surface area contributed by atoms with Gasteiger partial charge in [0.15, 0.2) is 0 Å². The first-order valence-electron chi connectivity index (χ1n) is 9.00. The molecule has 1 aliphatic heterocycles. The lowest BCUT2D eigenvalue weighted by molar-refractivity contribution is 0.560. The number of halogens is 1. The lowest BCUT2D eigenvalue weighted by Gasteiger charge is -2.23. The summed E-state index contributed by atoms with van der Waals surface area (Å²) >= 11 is 1.96. The van der Waals surface area contributed by atoms with Gasteiger partial charge in [0.2, 0.25) is 0 Å². The Bertz CT molecular complexity index is 758. The van der Waals surface area contributed by atoms with Gasteiger partial charge < -0.3 is 4.57 Å². The molecule has 0 spiro atoms. The Hall–Kier alpha value is -1.88. The van der Waals surface area contributed by atoms with Crippen LogP contribution in [0, 0.1) is 6.92 Å². The first kappa shape index (κ1) is 20.4. The van der Waals surface area contributed by atoms with Crippen LogP contribution >= 0.6 is 11.8 Å². The molecule has 0 N–H and O–H groups in total. The fraction of sp³-hybridized carbons (Fsp3) is 0.429. The van der Waals surface area contributed by atoms with E-state index in [2.05, 4.69) is 21.1 Å². The summed E-state index contributed by atoms with van der Waals surface area (Å²) in [7, 11) is 0. The van der Waals surface area contributed by atoms with Crippen LogP contribution in [0.4, 0.5) is 4.39 Å². The van der Waals surface area contributed by atoms with E-state index in [0.717, 1.165) is 17.7 Å². The molecule has 2 heterocycles. The topological polar surface area (TPSA) is 30.2 Å². The molecule has 0 amide bonds. The summed E-state index contributed by atoms with van der Waals surface area (Å²) in [5.74, 6) is 0.661. The maximum atomic E-state index is 14.2. The van der Waals surface area contributed by atoms with E-state index in [0.29, 0.717) is 22.4 Å². The van der Waals surface area contributed by atoms with Crippen LogP contribution in [0.1, 0.15) is 56.8 Å². The van der Waals surface area contributed by atoms with Gasteiger partial charge in [0.05, 0.1) is 11.7 Å². The van der Waals surface area contributed by atoms with Crippen LogP contribution in [-0.4, -0.2) is 21.0 Å². The van der Waals surface area contributed by atoms with Crippen molar-refractivity contribution in [2.75, 3.05) is 5.75 Å². The molecule has 0 radical (unpaired) electrons. The molecule has 26 heavy (non-hydrogen) atoms. The molecule has 1 aromatic heterocycles. The predicted molar refractivity (Wildman–Crippen MR) is 111 cm³/mol. The van der Waals surface area contributed by atoms with Crippen molar-refractivity contribution in [3.05, 3.63) is 65.7 Å². The van der Waals surface area contributed by atoms with Crippen molar-refractivity contribution in [2.45, 2.75) is 52.3 Å². The van der Waals surface area contributed by atoms with Crippen molar-refractivity contribution in [3.8, 4) is 0 Å². The van der Waals surface area contributed by atoms with Crippen LogP contribution in [0.3, 0.4) is 0 Å². The van der Waals surface area contributed by atoms with Crippen molar-refractivity contribution < 1.29 is 4.39 Å². The Balaban J connectivity index is 2.52. The van der Waals surface area contributed by atoms with Gasteiger partial charge in [0.25, 0.3) is 0 Å². The van der Waals surface area contributed by atoms with Gasteiger partial charge >= 0.3 is 0 Å². The minimum atomic E-state index is -0.509. The first-order valence-corrected chi connectivity index (χ1v) is 10.0. The summed E-state index contributed by atoms with van der Waals surface area (Å²) in [4.78, 5) is 9.15. The predicted octanol–water partition coefficient (Wildman–Crippen LogP) is 6.31. The van der Waals surface area contributed by atoms with E-state index in [4.69, 9.17) is 0 Å². The molecule has 140 valence electrons. The Morgan fingerprint density at radius 3 is 2.77 bits per heavy atom. The second-order valence-corrected chi connectivity index (χ2v) is 7.89. The average Bonchev–Trinajstić information content (AvgIpc) is 2.99. The maximum absolute atomic E-state index is 14.2. The van der Waals surface area contributed by atoms with E-state index < -0.39 is 5.83 Å². The van der Waals surface area contributed by atoms with Crippen molar-refractivity contribution in [1.29, 1.82) is 0 Å². The van der Waals surface area contributed by atoms with Crippen LogP contribution in [0.15, 0.2) is 59.3 Å². The van der Waals surface area contributed by atoms with Gasteiger partial charge in [0, 0.05) is 17.5 Å². The van der Waals surface area contributed by atoms with Crippen molar-refractivity contribution in [3.63, 3.8) is 0 Å². The monoisotopic (exact) mass is 373 g/mol. The Morgan fingerprint density at radius 1 is 1.42 bits per heavy atom. The summed E-state index contributed by atoms with van der Waals surface area (Å²) < 4.78 is 16.4. The van der Waals surface area contributed by atoms with E-state index in [9.17, 15) is 4.39 Å². The van der Waals surface area contributed by atoms with E-state index in [-0.39, 0.29) is 0 Å². The van der Waals surface area contributed by atoms with E-state index in [1.165, 1.54) is 18.6 Å². The van der Waals surface area contributed by atoms with E-state index >= 15 is 0 Å². The number of allylic oxidation sites excluding steroid dienone is 6. The second-order valence-electron chi connectivity index (χ2n) is 6.60. The molecule has 1 aromatic rings. The summed E-state index contributed by atoms with van der Waals surface area (Å²) in [6.45, 7) is 11.3. The molecule has 0 aliphatic carbocycles. The first-order chi connectivity index (χ1) is 12.5. The highest BCUT2D eigenvalue weighted by Gasteiger charge is 2.23. The van der Waals surface area contributed by atoms with Crippen LogP contribution < -0.4 is 0 Å². The number of hydrogen-bond acceptors (Lipinski definition) is 3. The zero-order valence-electron chi connectivity index (χ0n) is 16.1. The molecular weight excluding hydrogens is 345 g/mol. The minimum absolute atomic E-state index is 0.366. The Labute approximate surface area is 160 Å². The van der Waals surface area contributed by atoms with Crippen LogP contribution in [0.2, 0.25) is 0 Å². The fourth-order valence-corrected chi connectivity index (χ4v) is 4.18.